The number of carbonyl (C=O) groups is 2. The maximum absolute atomic E-state index is 12.7. The lowest BCUT2D eigenvalue weighted by Gasteiger charge is -2.59. The molecule has 37 heavy (non-hydrogen) atoms. The van der Waals surface area contributed by atoms with E-state index in [2.05, 4.69) is 12.2 Å². The highest BCUT2D eigenvalue weighted by Crippen LogP contribution is 2.60. The molecule has 0 aromatic heterocycles. The molecule has 4 saturated heterocycles. The Morgan fingerprint density at radius 3 is 2.59 bits per heavy atom. The summed E-state index contributed by atoms with van der Waals surface area (Å²) in [7, 11) is 1.63. The van der Waals surface area contributed by atoms with Gasteiger partial charge < -0.3 is 24.3 Å². The summed E-state index contributed by atoms with van der Waals surface area (Å²) in [4.78, 5) is 36.9. The van der Waals surface area contributed by atoms with Gasteiger partial charge in [0.15, 0.2) is 11.9 Å². The molecule has 2 bridgehead atoms. The Bertz CT molecular complexity index is 985. The molecule has 1 aromatic carbocycles. The first-order valence-electron chi connectivity index (χ1n) is 13.5. The Kier molecular flexibility index (Phi) is 7.51. The van der Waals surface area contributed by atoms with E-state index < -0.39 is 29.9 Å². The average molecular weight is 518 g/mol. The summed E-state index contributed by atoms with van der Waals surface area (Å²) in [6.45, 7) is 6.66. The number of benzene rings is 1. The van der Waals surface area contributed by atoms with Crippen molar-refractivity contribution >= 4 is 11.9 Å². The van der Waals surface area contributed by atoms with Crippen LogP contribution in [0.25, 0.3) is 0 Å². The predicted octanol–water partition coefficient (Wildman–Crippen LogP) is 3.89. The summed E-state index contributed by atoms with van der Waals surface area (Å²) in [5.41, 5.74) is 0.401. The molecule has 9 nitrogen and oxygen atoms in total. The minimum atomic E-state index is -0.878. The van der Waals surface area contributed by atoms with Crippen LogP contribution < -0.4 is 10.1 Å². The van der Waals surface area contributed by atoms with Gasteiger partial charge in [-0.2, -0.15) is 0 Å². The van der Waals surface area contributed by atoms with Crippen molar-refractivity contribution in [2.45, 2.75) is 89.7 Å². The van der Waals surface area contributed by atoms with Crippen LogP contribution in [-0.2, 0) is 40.0 Å². The minimum absolute atomic E-state index is 0.0146. The van der Waals surface area contributed by atoms with Crippen molar-refractivity contribution in [3.05, 3.63) is 29.8 Å². The minimum Gasteiger partial charge on any atom is -0.497 e. The SMILES string of the molecule is COc1ccc(CCNC(=O)CCC(=O)O[C@@H]2O[C@@H]3O[C@]4(C)CC[C@H]5[C@H](C)CC[C@@H]([C@H]2C)[C@]35OO4)cc1. The van der Waals surface area contributed by atoms with Crippen LogP contribution in [0.4, 0.5) is 0 Å². The Labute approximate surface area is 218 Å². The van der Waals surface area contributed by atoms with Crippen LogP contribution in [-0.4, -0.2) is 49.5 Å². The molecule has 4 heterocycles. The molecule has 0 radical (unpaired) electrons. The fourth-order valence-electron chi connectivity index (χ4n) is 6.64. The van der Waals surface area contributed by atoms with Gasteiger partial charge in [0.1, 0.15) is 5.75 Å². The van der Waals surface area contributed by atoms with Gasteiger partial charge in [-0.3, -0.25) is 9.59 Å². The second-order valence-electron chi connectivity index (χ2n) is 11.2. The van der Waals surface area contributed by atoms with Crippen molar-refractivity contribution in [2.75, 3.05) is 13.7 Å². The van der Waals surface area contributed by atoms with Crippen molar-refractivity contribution in [1.82, 2.24) is 5.32 Å². The first-order chi connectivity index (χ1) is 17.7. The quantitative estimate of drug-likeness (QED) is 0.410. The lowest BCUT2D eigenvalue weighted by molar-refractivity contribution is -0.576. The molecule has 1 N–H and O–H groups in total. The van der Waals surface area contributed by atoms with Crippen molar-refractivity contribution in [2.24, 2.45) is 23.7 Å². The second-order valence-corrected chi connectivity index (χ2v) is 11.2. The number of hydrogen-bond donors (Lipinski definition) is 1. The maximum atomic E-state index is 12.7. The van der Waals surface area contributed by atoms with Crippen LogP contribution in [0.15, 0.2) is 24.3 Å². The number of hydrogen-bond acceptors (Lipinski definition) is 8. The molecule has 1 saturated carbocycles. The van der Waals surface area contributed by atoms with Crippen LogP contribution in [0.1, 0.15) is 64.9 Å². The van der Waals surface area contributed by atoms with Crippen molar-refractivity contribution < 1.29 is 38.3 Å². The van der Waals surface area contributed by atoms with E-state index in [1.165, 1.54) is 0 Å². The molecule has 1 amide bonds. The zero-order valence-electron chi connectivity index (χ0n) is 22.2. The molecule has 1 aromatic rings. The largest absolute Gasteiger partial charge is 0.497 e. The van der Waals surface area contributed by atoms with Crippen LogP contribution in [0.3, 0.4) is 0 Å². The van der Waals surface area contributed by atoms with Crippen molar-refractivity contribution in [3.63, 3.8) is 0 Å². The number of carbonyl (C=O) groups excluding carboxylic acids is 2. The lowest BCUT2D eigenvalue weighted by atomic mass is 9.58. The van der Waals surface area contributed by atoms with E-state index in [-0.39, 0.29) is 36.5 Å². The fourth-order valence-corrected chi connectivity index (χ4v) is 6.64. The number of fused-ring (bicyclic) bond motifs is 2. The number of nitrogens with one attached hydrogen (secondary N) is 1. The van der Waals surface area contributed by atoms with Gasteiger partial charge in [-0.15, -0.1) is 0 Å². The lowest BCUT2D eigenvalue weighted by Crippen LogP contribution is -2.70. The van der Waals surface area contributed by atoms with Gasteiger partial charge in [-0.25, -0.2) is 9.78 Å². The predicted molar refractivity (Wildman–Crippen MR) is 132 cm³/mol. The first-order valence-corrected chi connectivity index (χ1v) is 13.5. The zero-order valence-corrected chi connectivity index (χ0v) is 22.2. The number of ether oxygens (including phenoxy) is 4. The average Bonchev–Trinajstić information content (AvgIpc) is 3.12. The van der Waals surface area contributed by atoms with Crippen molar-refractivity contribution in [3.8, 4) is 5.75 Å². The molecular formula is C28H39NO8. The van der Waals surface area contributed by atoms with Crippen LogP contribution in [0, 0.1) is 23.7 Å². The Hall–Kier alpha value is -2.20. The zero-order chi connectivity index (χ0) is 26.2. The Morgan fingerprint density at radius 1 is 1.05 bits per heavy atom. The highest BCUT2D eigenvalue weighted by Gasteiger charge is 2.69. The van der Waals surface area contributed by atoms with Gasteiger partial charge in [-0.1, -0.05) is 26.0 Å². The van der Waals surface area contributed by atoms with E-state index in [0.717, 1.165) is 37.0 Å². The van der Waals surface area contributed by atoms with E-state index in [1.54, 1.807) is 7.11 Å². The third-order valence-electron chi connectivity index (χ3n) is 8.80. The smallest absolute Gasteiger partial charge is 0.308 e. The van der Waals surface area contributed by atoms with Crippen molar-refractivity contribution in [1.29, 1.82) is 0 Å². The van der Waals surface area contributed by atoms with E-state index in [4.69, 9.17) is 28.7 Å². The molecule has 8 atom stereocenters. The summed E-state index contributed by atoms with van der Waals surface area (Å²) in [5, 5.41) is 2.87. The van der Waals surface area contributed by atoms with Gasteiger partial charge in [-0.05, 0) is 62.1 Å². The van der Waals surface area contributed by atoms with Gasteiger partial charge in [0.25, 0.3) is 0 Å². The molecule has 204 valence electrons. The highest BCUT2D eigenvalue weighted by atomic mass is 17.3. The highest BCUT2D eigenvalue weighted by molar-refractivity contribution is 5.81. The van der Waals surface area contributed by atoms with Crippen LogP contribution >= 0.6 is 0 Å². The summed E-state index contributed by atoms with van der Waals surface area (Å²) >= 11 is 0. The molecule has 5 aliphatic rings. The van der Waals surface area contributed by atoms with Gasteiger partial charge in [0, 0.05) is 31.2 Å². The molecule has 0 unspecified atom stereocenters. The van der Waals surface area contributed by atoms with Gasteiger partial charge >= 0.3 is 5.97 Å². The summed E-state index contributed by atoms with van der Waals surface area (Å²) in [5.74, 6) is -0.0294. The summed E-state index contributed by atoms with van der Waals surface area (Å²) in [6.07, 6.45) is 2.99. The van der Waals surface area contributed by atoms with Crippen LogP contribution in [0.5, 0.6) is 5.75 Å². The van der Waals surface area contributed by atoms with Crippen LogP contribution in [0.2, 0.25) is 0 Å². The molecule has 4 aliphatic heterocycles. The molecule has 9 heteroatoms. The Balaban J connectivity index is 1.13. The monoisotopic (exact) mass is 517 g/mol. The van der Waals surface area contributed by atoms with Gasteiger partial charge in [0.2, 0.25) is 18.0 Å². The molecular weight excluding hydrogens is 478 g/mol. The summed E-state index contributed by atoms with van der Waals surface area (Å²) in [6, 6.07) is 7.72. The number of methoxy groups -OCH3 is 1. The van der Waals surface area contributed by atoms with Gasteiger partial charge in [0.05, 0.1) is 13.5 Å². The molecule has 1 aliphatic carbocycles. The second kappa shape index (κ2) is 10.5. The standard InChI is InChI=1S/C28H39NO8/c1-17-5-10-22-18(2)25(34-26-28(22)21(17)13-15-27(3,35-26)36-37-28)33-24(31)12-11-23(30)29-16-14-19-6-8-20(32-4)9-7-19/h6-9,17-18,21-22,25-26H,5,10-16H2,1-4H3,(H,29,30)/t17-,18-,21+,22+,25-,26-,27+,28+/m1/s1. The van der Waals surface area contributed by atoms with E-state index >= 15 is 0 Å². The fraction of sp³-hybridized carbons (Fsp3) is 0.714. The van der Waals surface area contributed by atoms with E-state index in [9.17, 15) is 9.59 Å². The molecule has 6 rings (SSSR count). The van der Waals surface area contributed by atoms with E-state index in [0.29, 0.717) is 18.9 Å². The number of rotatable bonds is 8. The molecule has 5 fully saturated rings. The maximum Gasteiger partial charge on any atom is 0.308 e. The topological polar surface area (TPSA) is 102 Å². The third kappa shape index (κ3) is 5.11. The third-order valence-corrected chi connectivity index (χ3v) is 8.80. The number of amides is 1. The summed E-state index contributed by atoms with van der Waals surface area (Å²) < 4.78 is 23.5. The number of esters is 1. The first kappa shape index (κ1) is 26.4. The Morgan fingerprint density at radius 2 is 1.84 bits per heavy atom. The van der Waals surface area contributed by atoms with E-state index in [1.807, 2.05) is 38.1 Å². The normalized spacial score (nSPS) is 38.3. The molecule has 1 spiro atoms.